The SMILES string of the molecule is C[n+]1ccc2[nH]nnc2c1. The lowest BCUT2D eigenvalue weighted by atomic mass is 10.4. The molecule has 0 aliphatic rings. The minimum absolute atomic E-state index is 0.894. The fourth-order valence-corrected chi connectivity index (χ4v) is 0.890. The van der Waals surface area contributed by atoms with Crippen LogP contribution in [0.3, 0.4) is 0 Å². The van der Waals surface area contributed by atoms with Crippen LogP contribution in [0.5, 0.6) is 0 Å². The molecule has 4 nitrogen and oxygen atoms in total. The highest BCUT2D eigenvalue weighted by molar-refractivity contribution is 5.70. The van der Waals surface area contributed by atoms with Gasteiger partial charge in [0.1, 0.15) is 7.05 Å². The first-order chi connectivity index (χ1) is 4.86. The second kappa shape index (κ2) is 1.76. The van der Waals surface area contributed by atoms with E-state index in [0.717, 1.165) is 11.0 Å². The van der Waals surface area contributed by atoms with Crippen LogP contribution >= 0.6 is 0 Å². The molecule has 0 fully saturated rings. The molecule has 0 aliphatic carbocycles. The van der Waals surface area contributed by atoms with E-state index in [-0.39, 0.29) is 0 Å². The number of fused-ring (bicyclic) bond motifs is 1. The Hall–Kier alpha value is -1.45. The Morgan fingerprint density at radius 1 is 1.60 bits per heavy atom. The van der Waals surface area contributed by atoms with Crippen molar-refractivity contribution in [3.63, 3.8) is 0 Å². The van der Waals surface area contributed by atoms with Crippen molar-refractivity contribution >= 4 is 11.0 Å². The van der Waals surface area contributed by atoms with Crippen molar-refractivity contribution in [2.75, 3.05) is 0 Å². The van der Waals surface area contributed by atoms with Crippen LogP contribution in [0.25, 0.3) is 11.0 Å². The third-order valence-corrected chi connectivity index (χ3v) is 1.41. The highest BCUT2D eigenvalue weighted by Gasteiger charge is 1.99. The Balaban J connectivity index is 2.86. The van der Waals surface area contributed by atoms with Crippen LogP contribution in [0, 0.1) is 0 Å². The molecule has 0 aliphatic heterocycles. The molecule has 2 aromatic rings. The van der Waals surface area contributed by atoms with Crippen LogP contribution < -0.4 is 4.57 Å². The number of rotatable bonds is 0. The molecular weight excluding hydrogens is 128 g/mol. The molecule has 4 heteroatoms. The molecule has 0 radical (unpaired) electrons. The zero-order valence-electron chi connectivity index (χ0n) is 5.57. The van der Waals surface area contributed by atoms with Crippen LogP contribution in [0.2, 0.25) is 0 Å². The maximum Gasteiger partial charge on any atom is 0.198 e. The van der Waals surface area contributed by atoms with Gasteiger partial charge < -0.3 is 0 Å². The summed E-state index contributed by atoms with van der Waals surface area (Å²) in [6.45, 7) is 0. The molecule has 0 unspecified atom stereocenters. The third-order valence-electron chi connectivity index (χ3n) is 1.41. The van der Waals surface area contributed by atoms with E-state index >= 15 is 0 Å². The van der Waals surface area contributed by atoms with Gasteiger partial charge in [-0.2, -0.15) is 0 Å². The molecule has 2 heterocycles. The predicted octanol–water partition coefficient (Wildman–Crippen LogP) is -0.218. The fourth-order valence-electron chi connectivity index (χ4n) is 0.890. The number of nitrogens with one attached hydrogen (secondary N) is 1. The number of pyridine rings is 1. The Morgan fingerprint density at radius 2 is 2.50 bits per heavy atom. The molecule has 50 valence electrons. The lowest BCUT2D eigenvalue weighted by Crippen LogP contribution is -2.25. The standard InChI is InChI=1S/C6H6N4/c1-10-3-2-5-6(4-10)8-9-7-5/h2-4H,1H3/p+1. The lowest BCUT2D eigenvalue weighted by molar-refractivity contribution is -0.670. The highest BCUT2D eigenvalue weighted by atomic mass is 15.3. The first-order valence-corrected chi connectivity index (χ1v) is 3.02. The van der Waals surface area contributed by atoms with Gasteiger partial charge in [0.15, 0.2) is 17.9 Å². The van der Waals surface area contributed by atoms with Crippen LogP contribution in [0.1, 0.15) is 0 Å². The van der Waals surface area contributed by atoms with Crippen molar-refractivity contribution < 1.29 is 4.57 Å². The van der Waals surface area contributed by atoms with E-state index in [1.807, 2.05) is 30.1 Å². The molecule has 2 aromatic heterocycles. The van der Waals surface area contributed by atoms with E-state index in [1.54, 1.807) is 0 Å². The Morgan fingerprint density at radius 3 is 3.40 bits per heavy atom. The monoisotopic (exact) mass is 135 g/mol. The smallest absolute Gasteiger partial charge is 0.198 e. The molecule has 0 saturated carbocycles. The van der Waals surface area contributed by atoms with E-state index in [1.165, 1.54) is 0 Å². The average molecular weight is 135 g/mol. The second-order valence-corrected chi connectivity index (χ2v) is 2.22. The quantitative estimate of drug-likeness (QED) is 0.508. The third kappa shape index (κ3) is 0.655. The summed E-state index contributed by atoms with van der Waals surface area (Å²) in [5.74, 6) is 0. The Kier molecular flexibility index (Phi) is 0.943. The maximum absolute atomic E-state index is 3.85. The summed E-state index contributed by atoms with van der Waals surface area (Å²) in [5.41, 5.74) is 1.86. The van der Waals surface area contributed by atoms with Gasteiger partial charge >= 0.3 is 0 Å². The Bertz CT molecular complexity index is 351. The number of H-pyrrole nitrogens is 1. The van der Waals surface area contributed by atoms with Gasteiger partial charge in [-0.1, -0.05) is 5.21 Å². The van der Waals surface area contributed by atoms with E-state index in [4.69, 9.17) is 0 Å². The molecule has 0 amide bonds. The minimum atomic E-state index is 0.894. The van der Waals surface area contributed by atoms with E-state index in [0.29, 0.717) is 0 Å². The molecule has 10 heavy (non-hydrogen) atoms. The zero-order chi connectivity index (χ0) is 6.97. The van der Waals surface area contributed by atoms with Gasteiger partial charge in [0.25, 0.3) is 0 Å². The van der Waals surface area contributed by atoms with Crippen molar-refractivity contribution in [2.24, 2.45) is 7.05 Å². The topological polar surface area (TPSA) is 45.5 Å². The van der Waals surface area contributed by atoms with Gasteiger partial charge in [-0.3, -0.25) is 5.10 Å². The van der Waals surface area contributed by atoms with Crippen LogP contribution in [0.15, 0.2) is 18.5 Å². The van der Waals surface area contributed by atoms with Crippen molar-refractivity contribution in [3.05, 3.63) is 18.5 Å². The molecular formula is C6H7N4+. The van der Waals surface area contributed by atoms with Crippen molar-refractivity contribution in [1.82, 2.24) is 15.4 Å². The first kappa shape index (κ1) is 5.34. The average Bonchev–Trinajstić information content (AvgIpc) is 2.33. The van der Waals surface area contributed by atoms with Crippen LogP contribution in [-0.2, 0) is 7.05 Å². The van der Waals surface area contributed by atoms with E-state index in [2.05, 4.69) is 15.4 Å². The van der Waals surface area contributed by atoms with Crippen molar-refractivity contribution in [1.29, 1.82) is 0 Å². The summed E-state index contributed by atoms with van der Waals surface area (Å²) < 4.78 is 1.94. The number of hydrogen-bond donors (Lipinski definition) is 1. The Labute approximate surface area is 57.5 Å². The molecule has 0 spiro atoms. The highest BCUT2D eigenvalue weighted by Crippen LogP contribution is 2.00. The number of aryl methyl sites for hydroxylation is 1. The van der Waals surface area contributed by atoms with Crippen LogP contribution in [0.4, 0.5) is 0 Å². The van der Waals surface area contributed by atoms with Gasteiger partial charge in [0.05, 0.1) is 5.52 Å². The summed E-state index contributed by atoms with van der Waals surface area (Å²) in [7, 11) is 1.95. The number of aromatic amines is 1. The summed E-state index contributed by atoms with van der Waals surface area (Å²) in [6, 6.07) is 1.94. The molecule has 0 bridgehead atoms. The van der Waals surface area contributed by atoms with E-state index < -0.39 is 0 Å². The zero-order valence-corrected chi connectivity index (χ0v) is 5.57. The molecule has 0 saturated heterocycles. The molecule has 2 rings (SSSR count). The van der Waals surface area contributed by atoms with E-state index in [9.17, 15) is 0 Å². The minimum Gasteiger partial charge on any atom is -0.257 e. The maximum atomic E-state index is 3.85. The predicted molar refractivity (Wildman–Crippen MR) is 35.1 cm³/mol. The molecule has 0 aromatic carbocycles. The summed E-state index contributed by atoms with van der Waals surface area (Å²) in [4.78, 5) is 0. The molecule has 1 N–H and O–H groups in total. The normalized spacial score (nSPS) is 10.5. The number of nitrogens with zero attached hydrogens (tertiary/aromatic N) is 3. The van der Waals surface area contributed by atoms with Gasteiger partial charge in [-0.05, 0) is 0 Å². The van der Waals surface area contributed by atoms with Gasteiger partial charge in [0, 0.05) is 6.07 Å². The van der Waals surface area contributed by atoms with Crippen LogP contribution in [-0.4, -0.2) is 15.4 Å². The number of hydrogen-bond acceptors (Lipinski definition) is 2. The summed E-state index contributed by atoms with van der Waals surface area (Å²) in [6.07, 6.45) is 3.86. The second-order valence-electron chi connectivity index (χ2n) is 2.22. The van der Waals surface area contributed by atoms with Gasteiger partial charge in [-0.15, -0.1) is 5.10 Å². The lowest BCUT2D eigenvalue weighted by Gasteiger charge is -1.82. The van der Waals surface area contributed by atoms with Crippen molar-refractivity contribution in [2.45, 2.75) is 0 Å². The summed E-state index contributed by atoms with van der Waals surface area (Å²) in [5, 5.41) is 10.3. The largest absolute Gasteiger partial charge is 0.257 e. The van der Waals surface area contributed by atoms with Gasteiger partial charge in [0.2, 0.25) is 0 Å². The fraction of sp³-hybridized carbons (Fsp3) is 0.167. The van der Waals surface area contributed by atoms with Crippen molar-refractivity contribution in [3.8, 4) is 0 Å². The van der Waals surface area contributed by atoms with Gasteiger partial charge in [-0.25, -0.2) is 4.57 Å². The molecule has 0 atom stereocenters. The first-order valence-electron chi connectivity index (χ1n) is 3.02. The summed E-state index contributed by atoms with van der Waals surface area (Å²) >= 11 is 0. The number of aromatic nitrogens is 4.